The molecule has 0 radical (unpaired) electrons. The molecule has 3 rings (SSSR count). The van der Waals surface area contributed by atoms with E-state index in [4.69, 9.17) is 4.74 Å². The quantitative estimate of drug-likeness (QED) is 0.904. The molecule has 1 heterocycles. The number of rotatable bonds is 5. The molecule has 0 atom stereocenters. The van der Waals surface area contributed by atoms with Crippen LogP contribution in [0.1, 0.15) is 36.0 Å². The molecule has 1 N–H and O–H groups in total. The van der Waals surface area contributed by atoms with Gasteiger partial charge in [-0.15, -0.1) is 0 Å². The molecule has 0 unspecified atom stereocenters. The molecule has 20 heavy (non-hydrogen) atoms. The van der Waals surface area contributed by atoms with Crippen molar-refractivity contribution < 1.29 is 14.6 Å². The standard InChI is InChI=1S/C16H17NO3/c18-16(19)13-10-17-14-7-2-1-6-12(14)15(13)20-9-8-11-4-3-5-11/h1-2,6-7,10-11H,3-5,8-9H2,(H,18,19). The number of hydrogen-bond donors (Lipinski definition) is 1. The van der Waals surface area contributed by atoms with E-state index in [-0.39, 0.29) is 5.56 Å². The zero-order valence-electron chi connectivity index (χ0n) is 11.2. The van der Waals surface area contributed by atoms with Crippen molar-refractivity contribution in [3.63, 3.8) is 0 Å². The highest BCUT2D eigenvalue weighted by atomic mass is 16.5. The van der Waals surface area contributed by atoms with E-state index in [1.54, 1.807) is 0 Å². The van der Waals surface area contributed by atoms with Gasteiger partial charge in [0.2, 0.25) is 0 Å². The van der Waals surface area contributed by atoms with E-state index < -0.39 is 5.97 Å². The van der Waals surface area contributed by atoms with Crippen molar-refractivity contribution in [3.05, 3.63) is 36.0 Å². The Balaban J connectivity index is 1.88. The van der Waals surface area contributed by atoms with Crippen molar-refractivity contribution in [2.45, 2.75) is 25.7 Å². The molecule has 2 aromatic rings. The van der Waals surface area contributed by atoms with Crippen LogP contribution >= 0.6 is 0 Å². The normalized spacial score (nSPS) is 15.0. The third-order valence-electron chi connectivity index (χ3n) is 3.95. The maximum atomic E-state index is 11.3. The second-order valence-corrected chi connectivity index (χ2v) is 5.26. The second-order valence-electron chi connectivity index (χ2n) is 5.26. The van der Waals surface area contributed by atoms with Crippen molar-refractivity contribution >= 4 is 16.9 Å². The number of aromatic nitrogens is 1. The molecule has 104 valence electrons. The third-order valence-corrected chi connectivity index (χ3v) is 3.95. The Kier molecular flexibility index (Phi) is 3.54. The monoisotopic (exact) mass is 271 g/mol. The number of nitrogens with zero attached hydrogens (tertiary/aromatic N) is 1. The van der Waals surface area contributed by atoms with Crippen molar-refractivity contribution in [1.82, 2.24) is 4.98 Å². The fourth-order valence-corrected chi connectivity index (χ4v) is 2.53. The topological polar surface area (TPSA) is 59.4 Å². The number of carbonyl (C=O) groups is 1. The van der Waals surface area contributed by atoms with E-state index in [9.17, 15) is 9.90 Å². The van der Waals surface area contributed by atoms with Crippen LogP contribution in [0, 0.1) is 5.92 Å². The van der Waals surface area contributed by atoms with Gasteiger partial charge in [-0.1, -0.05) is 31.4 Å². The van der Waals surface area contributed by atoms with Gasteiger partial charge in [0.1, 0.15) is 11.3 Å². The molecular formula is C16H17NO3. The second kappa shape index (κ2) is 5.49. The third kappa shape index (κ3) is 2.46. The van der Waals surface area contributed by atoms with Gasteiger partial charge in [-0.25, -0.2) is 4.79 Å². The van der Waals surface area contributed by atoms with Crippen LogP contribution < -0.4 is 4.74 Å². The first-order valence-electron chi connectivity index (χ1n) is 6.99. The van der Waals surface area contributed by atoms with Gasteiger partial charge in [0.05, 0.1) is 12.1 Å². The number of carboxylic acid groups (broad SMARTS) is 1. The fourth-order valence-electron chi connectivity index (χ4n) is 2.53. The number of fused-ring (bicyclic) bond motifs is 1. The fraction of sp³-hybridized carbons (Fsp3) is 0.375. The molecule has 1 aliphatic rings. The lowest BCUT2D eigenvalue weighted by Gasteiger charge is -2.25. The SMILES string of the molecule is O=C(O)c1cnc2ccccc2c1OCCC1CCC1. The van der Waals surface area contributed by atoms with Crippen molar-refractivity contribution in [2.75, 3.05) is 6.61 Å². The molecule has 1 saturated carbocycles. The largest absolute Gasteiger partial charge is 0.492 e. The average molecular weight is 271 g/mol. The van der Waals surface area contributed by atoms with Crippen molar-refractivity contribution in [1.29, 1.82) is 0 Å². The number of ether oxygens (including phenoxy) is 1. The highest BCUT2D eigenvalue weighted by molar-refractivity contribution is 5.98. The van der Waals surface area contributed by atoms with Gasteiger partial charge >= 0.3 is 5.97 Å². The Morgan fingerprint density at radius 3 is 2.85 bits per heavy atom. The molecule has 0 saturated heterocycles. The molecule has 4 nitrogen and oxygen atoms in total. The first-order chi connectivity index (χ1) is 9.75. The molecule has 1 fully saturated rings. The molecule has 0 spiro atoms. The van der Waals surface area contributed by atoms with Gasteiger partial charge < -0.3 is 9.84 Å². The summed E-state index contributed by atoms with van der Waals surface area (Å²) in [7, 11) is 0. The first-order valence-corrected chi connectivity index (χ1v) is 6.99. The number of pyridine rings is 1. The van der Waals surface area contributed by atoms with Gasteiger partial charge in [0.25, 0.3) is 0 Å². The average Bonchev–Trinajstić information content (AvgIpc) is 2.41. The minimum Gasteiger partial charge on any atom is -0.492 e. The van der Waals surface area contributed by atoms with Crippen molar-refractivity contribution in [3.8, 4) is 5.75 Å². The lowest BCUT2D eigenvalue weighted by molar-refractivity contribution is 0.0691. The van der Waals surface area contributed by atoms with E-state index in [1.165, 1.54) is 25.5 Å². The highest BCUT2D eigenvalue weighted by Crippen LogP contribution is 2.31. The summed E-state index contributed by atoms with van der Waals surface area (Å²) >= 11 is 0. The number of hydrogen-bond acceptors (Lipinski definition) is 3. The summed E-state index contributed by atoms with van der Waals surface area (Å²) in [4.78, 5) is 15.5. The number of para-hydroxylation sites is 1. The predicted molar refractivity (Wildman–Crippen MR) is 76.2 cm³/mol. The minimum atomic E-state index is -0.998. The molecule has 1 aromatic heterocycles. The molecular weight excluding hydrogens is 254 g/mol. The molecule has 0 amide bonds. The van der Waals surface area contributed by atoms with Crippen LogP contribution in [0.25, 0.3) is 10.9 Å². The summed E-state index contributed by atoms with van der Waals surface area (Å²) < 4.78 is 5.80. The maximum Gasteiger partial charge on any atom is 0.341 e. The summed E-state index contributed by atoms with van der Waals surface area (Å²) in [5, 5.41) is 10.0. The van der Waals surface area contributed by atoms with Gasteiger partial charge in [-0.2, -0.15) is 0 Å². The maximum absolute atomic E-state index is 11.3. The summed E-state index contributed by atoms with van der Waals surface area (Å²) in [5.41, 5.74) is 0.897. The van der Waals surface area contributed by atoms with Crippen LogP contribution in [-0.4, -0.2) is 22.7 Å². The van der Waals surface area contributed by atoms with E-state index in [0.29, 0.717) is 12.4 Å². The van der Waals surface area contributed by atoms with Crippen LogP contribution in [0.15, 0.2) is 30.5 Å². The summed E-state index contributed by atoms with van der Waals surface area (Å²) in [6.07, 6.45) is 6.22. The smallest absolute Gasteiger partial charge is 0.341 e. The number of aromatic carboxylic acids is 1. The van der Waals surface area contributed by atoms with Crippen LogP contribution in [0.3, 0.4) is 0 Å². The Morgan fingerprint density at radius 2 is 2.15 bits per heavy atom. The van der Waals surface area contributed by atoms with Crippen molar-refractivity contribution in [2.24, 2.45) is 5.92 Å². The minimum absolute atomic E-state index is 0.136. The lowest BCUT2D eigenvalue weighted by Crippen LogP contribution is -2.15. The zero-order valence-corrected chi connectivity index (χ0v) is 11.2. The Hall–Kier alpha value is -2.10. The summed E-state index contributed by atoms with van der Waals surface area (Å²) in [5.74, 6) is 0.195. The van der Waals surface area contributed by atoms with E-state index in [0.717, 1.165) is 23.2 Å². The van der Waals surface area contributed by atoms with Gasteiger partial charge in [-0.05, 0) is 24.5 Å². The molecule has 1 aromatic carbocycles. The first kappa shape index (κ1) is 12.9. The molecule has 0 aliphatic heterocycles. The highest BCUT2D eigenvalue weighted by Gasteiger charge is 2.19. The van der Waals surface area contributed by atoms with Gasteiger partial charge in [-0.3, -0.25) is 4.98 Å². The van der Waals surface area contributed by atoms with Crippen LogP contribution in [-0.2, 0) is 0 Å². The van der Waals surface area contributed by atoms with Gasteiger partial charge in [0, 0.05) is 11.6 Å². The summed E-state index contributed by atoms with van der Waals surface area (Å²) in [6.45, 7) is 0.568. The number of benzene rings is 1. The lowest BCUT2D eigenvalue weighted by atomic mass is 9.83. The summed E-state index contributed by atoms with van der Waals surface area (Å²) in [6, 6.07) is 7.47. The Labute approximate surface area is 117 Å². The van der Waals surface area contributed by atoms with Crippen LogP contribution in [0.5, 0.6) is 5.75 Å². The van der Waals surface area contributed by atoms with E-state index in [1.807, 2.05) is 24.3 Å². The Morgan fingerprint density at radius 1 is 1.35 bits per heavy atom. The zero-order chi connectivity index (χ0) is 13.9. The van der Waals surface area contributed by atoms with E-state index in [2.05, 4.69) is 4.98 Å². The number of carboxylic acids is 1. The molecule has 1 aliphatic carbocycles. The van der Waals surface area contributed by atoms with Crippen LogP contribution in [0.4, 0.5) is 0 Å². The van der Waals surface area contributed by atoms with Gasteiger partial charge in [0.15, 0.2) is 0 Å². The predicted octanol–water partition coefficient (Wildman–Crippen LogP) is 3.50. The molecule has 4 heteroatoms. The van der Waals surface area contributed by atoms with Crippen LogP contribution in [0.2, 0.25) is 0 Å². The Bertz CT molecular complexity index is 635. The molecule has 0 bridgehead atoms. The van der Waals surface area contributed by atoms with E-state index >= 15 is 0 Å².